The molecule has 368 valence electrons. The van der Waals surface area contributed by atoms with Crippen LogP contribution in [0.2, 0.25) is 0 Å². The normalized spacial score (nSPS) is 19.5. The van der Waals surface area contributed by atoms with Crippen LogP contribution in [0.5, 0.6) is 0 Å². The molecule has 10 rings (SSSR count). The van der Waals surface area contributed by atoms with E-state index in [9.17, 15) is 0 Å². The molecule has 2 nitrogen and oxygen atoms in total. The zero-order chi connectivity index (χ0) is 51.1. The predicted octanol–water partition coefficient (Wildman–Crippen LogP) is 19.7. The number of fused-ring (bicyclic) bond motifs is 4. The first-order valence-electron chi connectivity index (χ1n) is 26.9. The Bertz CT molecular complexity index is 3230. The SMILES string of the molecule is Cc1ccc(N(C2=C3C=C(C(C)(C)C)C=CC3C(c3c4c(c(N(C5=CCC(C)(C)C=C5)c5ccccc5)c5cc(C(C)(C)C)ccc35)C=CC(C(C)(C)C)C4)c3cc(C(C)C)ccc32)c2ccccc2)cc1. The molecule has 0 saturated carbocycles. The lowest BCUT2D eigenvalue weighted by Gasteiger charge is -2.44. The van der Waals surface area contributed by atoms with Crippen LogP contribution in [0.3, 0.4) is 0 Å². The van der Waals surface area contributed by atoms with Crippen molar-refractivity contribution in [2.24, 2.45) is 28.1 Å². The maximum Gasteiger partial charge on any atom is 0.0615 e. The summed E-state index contributed by atoms with van der Waals surface area (Å²) >= 11 is 0. The van der Waals surface area contributed by atoms with Gasteiger partial charge in [-0.05, 0) is 146 Å². The molecule has 6 aromatic carbocycles. The maximum absolute atomic E-state index is 2.61. The van der Waals surface area contributed by atoms with Crippen LogP contribution in [0.15, 0.2) is 181 Å². The molecule has 0 aliphatic heterocycles. The number of anilines is 4. The molecule has 4 aliphatic carbocycles. The first kappa shape index (κ1) is 49.2. The van der Waals surface area contributed by atoms with Gasteiger partial charge in [0.25, 0.3) is 0 Å². The molecule has 72 heavy (non-hydrogen) atoms. The van der Waals surface area contributed by atoms with Gasteiger partial charge in [-0.3, -0.25) is 0 Å². The summed E-state index contributed by atoms with van der Waals surface area (Å²) in [6.45, 7) is 33.1. The number of allylic oxidation sites excluding steroid dienone is 9. The van der Waals surface area contributed by atoms with Gasteiger partial charge in [0.05, 0.1) is 11.4 Å². The number of aryl methyl sites for hydroxylation is 1. The minimum absolute atomic E-state index is 0.0276. The molecule has 0 heterocycles. The van der Waals surface area contributed by atoms with Gasteiger partial charge in [0, 0.05) is 51.1 Å². The highest BCUT2D eigenvalue weighted by Gasteiger charge is 2.43. The fraction of sp³-hybridized carbons (Fsp3) is 0.343. The van der Waals surface area contributed by atoms with Crippen LogP contribution in [-0.4, -0.2) is 0 Å². The van der Waals surface area contributed by atoms with Crippen molar-refractivity contribution in [3.63, 3.8) is 0 Å². The zero-order valence-electron chi connectivity index (χ0n) is 45.8. The number of benzene rings is 6. The molecule has 4 aliphatic rings. The van der Waals surface area contributed by atoms with Crippen molar-refractivity contribution in [1.82, 2.24) is 0 Å². The lowest BCUT2D eigenvalue weighted by molar-refractivity contribution is 0.290. The fourth-order valence-corrected chi connectivity index (χ4v) is 11.7. The van der Waals surface area contributed by atoms with E-state index in [1.165, 1.54) is 94.9 Å². The molecular formula is C70H78N2. The predicted molar refractivity (Wildman–Crippen MR) is 312 cm³/mol. The summed E-state index contributed by atoms with van der Waals surface area (Å²) in [5, 5.41) is 2.67. The molecule has 0 bridgehead atoms. The van der Waals surface area contributed by atoms with Crippen molar-refractivity contribution >= 4 is 45.3 Å². The van der Waals surface area contributed by atoms with Gasteiger partial charge in [-0.1, -0.05) is 217 Å². The van der Waals surface area contributed by atoms with E-state index in [0.29, 0.717) is 11.8 Å². The highest BCUT2D eigenvalue weighted by atomic mass is 15.2. The molecule has 0 radical (unpaired) electrons. The van der Waals surface area contributed by atoms with Crippen molar-refractivity contribution in [3.05, 3.63) is 225 Å². The molecule has 0 N–H and O–H groups in total. The Kier molecular flexibility index (Phi) is 12.5. The Morgan fingerprint density at radius 3 is 1.89 bits per heavy atom. The van der Waals surface area contributed by atoms with Crippen LogP contribution in [-0.2, 0) is 11.8 Å². The van der Waals surface area contributed by atoms with Crippen LogP contribution in [0, 0.1) is 35.0 Å². The van der Waals surface area contributed by atoms with E-state index in [2.05, 4.69) is 277 Å². The first-order valence-corrected chi connectivity index (χ1v) is 26.9. The Labute approximate surface area is 433 Å². The molecule has 0 fully saturated rings. The minimum Gasteiger partial charge on any atom is -0.310 e. The lowest BCUT2D eigenvalue weighted by atomic mass is 9.63. The largest absolute Gasteiger partial charge is 0.310 e. The van der Waals surface area contributed by atoms with Gasteiger partial charge in [0.2, 0.25) is 0 Å². The lowest BCUT2D eigenvalue weighted by Crippen LogP contribution is -2.32. The number of nitrogens with zero attached hydrogens (tertiary/aromatic N) is 2. The average molecular weight is 947 g/mol. The van der Waals surface area contributed by atoms with E-state index in [0.717, 1.165) is 18.5 Å². The van der Waals surface area contributed by atoms with E-state index in [4.69, 9.17) is 0 Å². The van der Waals surface area contributed by atoms with Crippen molar-refractivity contribution in [1.29, 1.82) is 0 Å². The summed E-state index contributed by atoms with van der Waals surface area (Å²) in [5.74, 6) is 0.786. The highest BCUT2D eigenvalue weighted by Crippen LogP contribution is 2.58. The van der Waals surface area contributed by atoms with E-state index < -0.39 is 0 Å². The molecule has 0 saturated heterocycles. The molecule has 6 aromatic rings. The molecule has 2 heteroatoms. The Hall–Kier alpha value is -6.38. The van der Waals surface area contributed by atoms with Gasteiger partial charge in [0.15, 0.2) is 0 Å². The smallest absolute Gasteiger partial charge is 0.0615 e. The second kappa shape index (κ2) is 18.3. The van der Waals surface area contributed by atoms with Crippen LogP contribution >= 0.6 is 0 Å². The highest BCUT2D eigenvalue weighted by molar-refractivity contribution is 6.06. The molecule has 3 atom stereocenters. The summed E-state index contributed by atoms with van der Waals surface area (Å²) in [5.41, 5.74) is 21.1. The van der Waals surface area contributed by atoms with Gasteiger partial charge in [-0.2, -0.15) is 0 Å². The van der Waals surface area contributed by atoms with Crippen molar-refractivity contribution in [3.8, 4) is 0 Å². The standard InChI is InChI=1S/C70H78N2/c1-45(2)47-27-33-57-59(41-47)63(55-34-28-49(68(7,8)9)43-61(55)65(57)71(51-21-17-15-18-22-51)53-31-25-46(3)26-32-53)64-56-35-29-50(69(10,11)12)44-62(56)66(58-36-30-48(42-60(58)64)67(4,5)6)72(52-23-19-16-20-24-52)54-37-39-70(13,14)40-38-54/h15-39,41,43-45,48,55,63H,40,42H2,1-14H3. The van der Waals surface area contributed by atoms with Crippen molar-refractivity contribution in [2.75, 3.05) is 9.80 Å². The molecular weight excluding hydrogens is 869 g/mol. The first-order chi connectivity index (χ1) is 34.1. The third-order valence-corrected chi connectivity index (χ3v) is 16.2. The molecule has 0 spiro atoms. The number of rotatable bonds is 8. The van der Waals surface area contributed by atoms with E-state index in [-0.39, 0.29) is 33.5 Å². The van der Waals surface area contributed by atoms with Gasteiger partial charge in [-0.25, -0.2) is 0 Å². The number of para-hydroxylation sites is 2. The van der Waals surface area contributed by atoms with Gasteiger partial charge >= 0.3 is 0 Å². The Balaban J connectivity index is 1.37. The van der Waals surface area contributed by atoms with Crippen LogP contribution in [0.1, 0.15) is 153 Å². The van der Waals surface area contributed by atoms with Crippen LogP contribution < -0.4 is 9.80 Å². The summed E-state index contributed by atoms with van der Waals surface area (Å²) < 4.78 is 0. The van der Waals surface area contributed by atoms with Gasteiger partial charge < -0.3 is 9.80 Å². The second-order valence-corrected chi connectivity index (χ2v) is 25.6. The monoisotopic (exact) mass is 947 g/mol. The average Bonchev–Trinajstić information content (AvgIpc) is 3.34. The molecule has 0 amide bonds. The molecule has 0 aromatic heterocycles. The van der Waals surface area contributed by atoms with Crippen molar-refractivity contribution < 1.29 is 0 Å². The van der Waals surface area contributed by atoms with Crippen LogP contribution in [0.25, 0.3) is 22.5 Å². The van der Waals surface area contributed by atoms with Gasteiger partial charge in [0.1, 0.15) is 0 Å². The van der Waals surface area contributed by atoms with Crippen LogP contribution in [0.4, 0.5) is 22.7 Å². The van der Waals surface area contributed by atoms with Crippen molar-refractivity contribution in [2.45, 2.75) is 127 Å². The number of hydrogen-bond acceptors (Lipinski definition) is 2. The summed E-state index contributed by atoms with van der Waals surface area (Å²) in [4.78, 5) is 5.18. The summed E-state index contributed by atoms with van der Waals surface area (Å²) in [7, 11) is 0. The van der Waals surface area contributed by atoms with Gasteiger partial charge in [-0.15, -0.1) is 0 Å². The zero-order valence-corrected chi connectivity index (χ0v) is 45.8. The topological polar surface area (TPSA) is 6.48 Å². The van der Waals surface area contributed by atoms with E-state index in [1.54, 1.807) is 0 Å². The van der Waals surface area contributed by atoms with E-state index >= 15 is 0 Å². The maximum atomic E-state index is 2.61. The summed E-state index contributed by atoms with van der Waals surface area (Å²) in [6, 6.07) is 46.5. The number of hydrogen-bond donors (Lipinski definition) is 0. The quantitative estimate of drug-likeness (QED) is 0.150. The van der Waals surface area contributed by atoms with E-state index in [1.807, 2.05) is 0 Å². The third kappa shape index (κ3) is 9.09. The minimum atomic E-state index is -0.0636. The Morgan fingerprint density at radius 2 is 1.29 bits per heavy atom. The Morgan fingerprint density at radius 1 is 0.639 bits per heavy atom. The third-order valence-electron chi connectivity index (χ3n) is 16.2. The molecule has 3 unspecified atom stereocenters. The summed E-state index contributed by atoms with van der Waals surface area (Å²) in [6.07, 6.45) is 22.0. The fourth-order valence-electron chi connectivity index (χ4n) is 11.7. The second-order valence-electron chi connectivity index (χ2n) is 25.6.